The van der Waals surface area contributed by atoms with Crippen molar-refractivity contribution in [3.8, 4) is 17.2 Å². The maximum atomic E-state index is 6.13. The van der Waals surface area contributed by atoms with Gasteiger partial charge in [-0.25, -0.2) is 0 Å². The Labute approximate surface area is 101 Å². The summed E-state index contributed by atoms with van der Waals surface area (Å²) in [7, 11) is 1.68. The molecule has 1 fully saturated rings. The smallest absolute Gasteiger partial charge is 0.231 e. The molecule has 17 heavy (non-hydrogen) atoms. The van der Waals surface area contributed by atoms with Crippen molar-refractivity contribution in [3.63, 3.8) is 0 Å². The molecule has 0 amide bonds. The van der Waals surface area contributed by atoms with E-state index in [1.54, 1.807) is 7.11 Å². The lowest BCUT2D eigenvalue weighted by molar-refractivity contribution is 0.172. The van der Waals surface area contributed by atoms with Crippen LogP contribution >= 0.6 is 0 Å². The van der Waals surface area contributed by atoms with Crippen LogP contribution in [0.1, 0.15) is 25.3 Å². The highest BCUT2D eigenvalue weighted by atomic mass is 16.7. The summed E-state index contributed by atoms with van der Waals surface area (Å²) < 4.78 is 16.5. The quantitative estimate of drug-likeness (QED) is 0.868. The lowest BCUT2D eigenvalue weighted by atomic mass is 9.87. The third kappa shape index (κ3) is 1.40. The first-order valence-electron chi connectivity index (χ1n) is 5.92. The number of methoxy groups -OCH3 is 1. The van der Waals surface area contributed by atoms with Crippen molar-refractivity contribution in [1.82, 2.24) is 0 Å². The van der Waals surface area contributed by atoms with Crippen LogP contribution in [0.15, 0.2) is 12.1 Å². The lowest BCUT2D eigenvalue weighted by Crippen LogP contribution is -2.32. The summed E-state index contributed by atoms with van der Waals surface area (Å²) in [5, 5.41) is 0. The van der Waals surface area contributed by atoms with E-state index >= 15 is 0 Å². The second-order valence-corrected chi connectivity index (χ2v) is 4.82. The molecule has 0 radical (unpaired) electrons. The normalized spacial score (nSPS) is 21.1. The van der Waals surface area contributed by atoms with Gasteiger partial charge < -0.3 is 19.9 Å². The first kappa shape index (κ1) is 10.7. The van der Waals surface area contributed by atoms with Crippen LogP contribution in [-0.4, -0.2) is 19.9 Å². The highest BCUT2D eigenvalue weighted by molar-refractivity contribution is 5.60. The molecule has 1 unspecified atom stereocenters. The number of rotatable bonds is 3. The third-order valence-corrected chi connectivity index (χ3v) is 3.88. The van der Waals surface area contributed by atoms with Crippen LogP contribution < -0.4 is 19.9 Å². The highest BCUT2D eigenvalue weighted by Crippen LogP contribution is 2.58. The molecule has 4 heteroatoms. The van der Waals surface area contributed by atoms with Gasteiger partial charge in [-0.05, 0) is 31.9 Å². The van der Waals surface area contributed by atoms with Crippen LogP contribution in [0.3, 0.4) is 0 Å². The van der Waals surface area contributed by atoms with Gasteiger partial charge in [-0.2, -0.15) is 0 Å². The molecule has 0 spiro atoms. The van der Waals surface area contributed by atoms with Gasteiger partial charge in [0, 0.05) is 17.0 Å². The fourth-order valence-electron chi connectivity index (χ4n) is 2.66. The van der Waals surface area contributed by atoms with Gasteiger partial charge in [0.1, 0.15) is 5.75 Å². The average molecular weight is 235 g/mol. The van der Waals surface area contributed by atoms with Crippen LogP contribution in [-0.2, 0) is 5.41 Å². The molecule has 4 nitrogen and oxygen atoms in total. The van der Waals surface area contributed by atoms with E-state index in [0.717, 1.165) is 35.7 Å². The summed E-state index contributed by atoms with van der Waals surface area (Å²) in [5.41, 5.74) is 7.22. The van der Waals surface area contributed by atoms with Gasteiger partial charge in [0.2, 0.25) is 6.79 Å². The van der Waals surface area contributed by atoms with E-state index in [1.807, 2.05) is 19.1 Å². The number of hydrogen-bond acceptors (Lipinski definition) is 4. The summed E-state index contributed by atoms with van der Waals surface area (Å²) >= 11 is 0. The van der Waals surface area contributed by atoms with Crippen LogP contribution in [0.25, 0.3) is 0 Å². The fraction of sp³-hybridized carbons (Fsp3) is 0.538. The van der Waals surface area contributed by atoms with Crippen LogP contribution in [0, 0.1) is 0 Å². The van der Waals surface area contributed by atoms with E-state index in [-0.39, 0.29) is 18.2 Å². The molecule has 1 aliphatic carbocycles. The Morgan fingerprint density at radius 2 is 2.12 bits per heavy atom. The predicted molar refractivity (Wildman–Crippen MR) is 63.7 cm³/mol. The molecule has 1 heterocycles. The Balaban J connectivity index is 2.17. The average Bonchev–Trinajstić information content (AvgIpc) is 2.99. The lowest BCUT2D eigenvalue weighted by Gasteiger charge is -2.23. The molecular formula is C13H17NO3. The van der Waals surface area contributed by atoms with Crippen molar-refractivity contribution in [2.24, 2.45) is 5.73 Å². The first-order chi connectivity index (χ1) is 8.19. The SMILES string of the molecule is COc1ccc2c(c1C1(C(C)N)CC1)OCO2. The largest absolute Gasteiger partial charge is 0.496 e. The second-order valence-electron chi connectivity index (χ2n) is 4.82. The zero-order valence-corrected chi connectivity index (χ0v) is 10.2. The maximum Gasteiger partial charge on any atom is 0.231 e. The van der Waals surface area contributed by atoms with Gasteiger partial charge in [-0.3, -0.25) is 0 Å². The molecule has 0 bridgehead atoms. The summed E-state index contributed by atoms with van der Waals surface area (Å²) in [6.45, 7) is 2.33. The van der Waals surface area contributed by atoms with Gasteiger partial charge in [-0.15, -0.1) is 0 Å². The molecule has 1 aromatic rings. The van der Waals surface area contributed by atoms with Gasteiger partial charge >= 0.3 is 0 Å². The van der Waals surface area contributed by atoms with Crippen LogP contribution in [0.2, 0.25) is 0 Å². The Bertz CT molecular complexity index is 452. The molecule has 1 saturated carbocycles. The molecule has 0 aromatic heterocycles. The zero-order valence-electron chi connectivity index (χ0n) is 10.2. The van der Waals surface area contributed by atoms with E-state index in [4.69, 9.17) is 19.9 Å². The monoisotopic (exact) mass is 235 g/mol. The van der Waals surface area contributed by atoms with E-state index in [2.05, 4.69) is 0 Å². The Hall–Kier alpha value is -1.42. The molecule has 2 N–H and O–H groups in total. The van der Waals surface area contributed by atoms with Crippen molar-refractivity contribution < 1.29 is 14.2 Å². The van der Waals surface area contributed by atoms with Gasteiger partial charge in [0.05, 0.1) is 7.11 Å². The van der Waals surface area contributed by atoms with Crippen molar-refractivity contribution in [3.05, 3.63) is 17.7 Å². The molecule has 3 rings (SSSR count). The topological polar surface area (TPSA) is 53.7 Å². The van der Waals surface area contributed by atoms with Gasteiger partial charge in [0.25, 0.3) is 0 Å². The summed E-state index contributed by atoms with van der Waals surface area (Å²) in [5.74, 6) is 2.47. The van der Waals surface area contributed by atoms with Crippen LogP contribution in [0.5, 0.6) is 17.2 Å². The maximum absolute atomic E-state index is 6.13. The fourth-order valence-corrected chi connectivity index (χ4v) is 2.66. The third-order valence-electron chi connectivity index (χ3n) is 3.88. The van der Waals surface area contributed by atoms with Crippen molar-refractivity contribution >= 4 is 0 Å². The Morgan fingerprint density at radius 3 is 2.71 bits per heavy atom. The molecule has 1 atom stereocenters. The number of benzene rings is 1. The second kappa shape index (κ2) is 3.53. The minimum Gasteiger partial charge on any atom is -0.496 e. The number of hydrogen-bond donors (Lipinski definition) is 1. The molecular weight excluding hydrogens is 218 g/mol. The molecule has 92 valence electrons. The summed E-state index contributed by atoms with van der Waals surface area (Å²) in [6, 6.07) is 3.92. The number of nitrogens with two attached hydrogens (primary N) is 1. The van der Waals surface area contributed by atoms with E-state index < -0.39 is 0 Å². The summed E-state index contributed by atoms with van der Waals surface area (Å²) in [4.78, 5) is 0. The first-order valence-corrected chi connectivity index (χ1v) is 5.92. The molecule has 1 aromatic carbocycles. The van der Waals surface area contributed by atoms with Crippen molar-refractivity contribution in [1.29, 1.82) is 0 Å². The standard InChI is InChI=1S/C13H17NO3/c1-8(14)13(5-6-13)11-9(15-2)3-4-10-12(11)17-7-16-10/h3-4,8H,5-7,14H2,1-2H3. The Kier molecular flexibility index (Phi) is 2.23. The van der Waals surface area contributed by atoms with E-state index in [1.165, 1.54) is 0 Å². The van der Waals surface area contributed by atoms with Gasteiger partial charge in [-0.1, -0.05) is 0 Å². The molecule has 2 aliphatic rings. The van der Waals surface area contributed by atoms with E-state index in [0.29, 0.717) is 0 Å². The van der Waals surface area contributed by atoms with Crippen LogP contribution in [0.4, 0.5) is 0 Å². The predicted octanol–water partition coefficient (Wildman–Crippen LogP) is 1.80. The van der Waals surface area contributed by atoms with Crippen molar-refractivity contribution in [2.75, 3.05) is 13.9 Å². The Morgan fingerprint density at radius 1 is 1.35 bits per heavy atom. The minimum atomic E-state index is 0.00435. The highest BCUT2D eigenvalue weighted by Gasteiger charge is 2.52. The number of ether oxygens (including phenoxy) is 3. The van der Waals surface area contributed by atoms with E-state index in [9.17, 15) is 0 Å². The van der Waals surface area contributed by atoms with Crippen molar-refractivity contribution in [2.45, 2.75) is 31.2 Å². The zero-order chi connectivity index (χ0) is 12.0. The minimum absolute atomic E-state index is 0.00435. The summed E-state index contributed by atoms with van der Waals surface area (Å²) in [6.07, 6.45) is 2.17. The molecule has 0 saturated heterocycles. The molecule has 1 aliphatic heterocycles. The number of fused-ring (bicyclic) bond motifs is 1. The van der Waals surface area contributed by atoms with Gasteiger partial charge in [0.15, 0.2) is 11.5 Å².